The molecule has 33 heavy (non-hydrogen) atoms. The Labute approximate surface area is 198 Å². The van der Waals surface area contributed by atoms with Crippen LogP contribution in [-0.4, -0.2) is 78.2 Å². The van der Waals surface area contributed by atoms with Gasteiger partial charge in [0, 0.05) is 49.7 Å². The molecule has 8 heteroatoms. The molecular formula is C25H29N5O2S. The third-order valence-electron chi connectivity index (χ3n) is 6.95. The maximum Gasteiger partial charge on any atom is 0.253 e. The van der Waals surface area contributed by atoms with Crippen LogP contribution in [0.4, 0.5) is 5.82 Å². The second-order valence-corrected chi connectivity index (χ2v) is 10.1. The van der Waals surface area contributed by atoms with Crippen LogP contribution in [0.15, 0.2) is 30.3 Å². The molecule has 2 saturated heterocycles. The predicted octanol–water partition coefficient (Wildman–Crippen LogP) is 2.97. The summed E-state index contributed by atoms with van der Waals surface area (Å²) in [6, 6.07) is 9.59. The lowest BCUT2D eigenvalue weighted by Crippen LogP contribution is -2.49. The smallest absolute Gasteiger partial charge is 0.253 e. The second kappa shape index (κ2) is 9.00. The van der Waals surface area contributed by atoms with Crippen molar-refractivity contribution in [3.63, 3.8) is 0 Å². The van der Waals surface area contributed by atoms with Gasteiger partial charge in [-0.3, -0.25) is 9.69 Å². The number of thiophene rings is 1. The molecular weight excluding hydrogens is 434 g/mol. The summed E-state index contributed by atoms with van der Waals surface area (Å²) in [4.78, 5) is 32.4. The van der Waals surface area contributed by atoms with E-state index in [1.807, 2.05) is 46.6 Å². The van der Waals surface area contributed by atoms with Crippen molar-refractivity contribution in [2.75, 3.05) is 57.4 Å². The maximum atomic E-state index is 12.9. The molecule has 3 aromatic rings. The molecule has 0 spiro atoms. The van der Waals surface area contributed by atoms with Gasteiger partial charge >= 0.3 is 0 Å². The van der Waals surface area contributed by atoms with Crippen molar-refractivity contribution in [2.45, 2.75) is 25.8 Å². The van der Waals surface area contributed by atoms with E-state index in [-0.39, 0.29) is 5.91 Å². The molecule has 4 heterocycles. The summed E-state index contributed by atoms with van der Waals surface area (Å²) in [5.74, 6) is 2.10. The van der Waals surface area contributed by atoms with E-state index >= 15 is 0 Å². The Bertz CT molecular complexity index is 1150. The Kier molecular flexibility index (Phi) is 5.73. The molecule has 0 N–H and O–H groups in total. The Balaban J connectivity index is 1.27. The topological polar surface area (TPSA) is 61.8 Å². The van der Waals surface area contributed by atoms with Crippen molar-refractivity contribution in [3.8, 4) is 0 Å². The number of aryl methyl sites for hydroxylation is 2. The minimum atomic E-state index is 0.118. The molecule has 2 fully saturated rings. The van der Waals surface area contributed by atoms with Crippen molar-refractivity contribution in [3.05, 3.63) is 52.2 Å². The first kappa shape index (κ1) is 21.0. The third kappa shape index (κ3) is 4.11. The lowest BCUT2D eigenvalue weighted by molar-refractivity contribution is 0.0331. The summed E-state index contributed by atoms with van der Waals surface area (Å²) in [6.45, 7) is 7.20. The fourth-order valence-corrected chi connectivity index (χ4v) is 6.44. The van der Waals surface area contributed by atoms with Crippen LogP contribution in [0.2, 0.25) is 0 Å². The fraction of sp³-hybridized carbons (Fsp3) is 0.480. The van der Waals surface area contributed by atoms with Gasteiger partial charge in [0.25, 0.3) is 5.91 Å². The van der Waals surface area contributed by atoms with Gasteiger partial charge in [0.2, 0.25) is 0 Å². The second-order valence-electron chi connectivity index (χ2n) is 9.03. The number of nitrogens with zero attached hydrogens (tertiary/aromatic N) is 5. The first-order valence-electron chi connectivity index (χ1n) is 12.0. The van der Waals surface area contributed by atoms with E-state index in [2.05, 4.69) is 9.80 Å². The lowest BCUT2D eigenvalue weighted by Gasteiger charge is -2.36. The number of aromatic nitrogens is 2. The third-order valence-corrected chi connectivity index (χ3v) is 8.13. The number of fused-ring (bicyclic) bond motifs is 3. The highest BCUT2D eigenvalue weighted by atomic mass is 32.1. The highest BCUT2D eigenvalue weighted by molar-refractivity contribution is 7.19. The number of hydrogen-bond acceptors (Lipinski definition) is 7. The van der Waals surface area contributed by atoms with Gasteiger partial charge in [-0.2, -0.15) is 0 Å². The Hall–Kier alpha value is -2.55. The zero-order valence-corrected chi connectivity index (χ0v) is 19.6. The van der Waals surface area contributed by atoms with Crippen molar-refractivity contribution in [1.82, 2.24) is 19.8 Å². The summed E-state index contributed by atoms with van der Waals surface area (Å²) in [6.07, 6.45) is 3.51. The van der Waals surface area contributed by atoms with Gasteiger partial charge < -0.3 is 14.5 Å². The van der Waals surface area contributed by atoms with Crippen LogP contribution in [0.25, 0.3) is 10.2 Å². The summed E-state index contributed by atoms with van der Waals surface area (Å²) in [7, 11) is 0. The number of morpholine rings is 1. The molecule has 1 amide bonds. The number of carbonyl (C=O) groups excluding carboxylic acids is 1. The quantitative estimate of drug-likeness (QED) is 0.593. The normalized spacial score (nSPS) is 19.3. The molecule has 2 aromatic heterocycles. The highest BCUT2D eigenvalue weighted by Gasteiger charge is 2.28. The van der Waals surface area contributed by atoms with Crippen LogP contribution < -0.4 is 4.90 Å². The minimum absolute atomic E-state index is 0.118. The lowest BCUT2D eigenvalue weighted by atomic mass is 10.1. The summed E-state index contributed by atoms with van der Waals surface area (Å²) in [5.41, 5.74) is 2.23. The van der Waals surface area contributed by atoms with Gasteiger partial charge in [-0.15, -0.1) is 11.3 Å². The molecule has 0 saturated carbocycles. The fourth-order valence-electron chi connectivity index (χ4n) is 5.16. The molecule has 7 nitrogen and oxygen atoms in total. The monoisotopic (exact) mass is 463 g/mol. The number of amides is 1. The molecule has 3 aliphatic rings. The van der Waals surface area contributed by atoms with Gasteiger partial charge in [0.05, 0.1) is 25.1 Å². The van der Waals surface area contributed by atoms with E-state index < -0.39 is 0 Å². The molecule has 0 atom stereocenters. The standard InChI is InChI=1S/C25H29N5O2S/c31-25(18-5-2-1-3-6-18)30-11-9-29(10-12-30)23-22-19-7-4-8-20(19)33-24(22)27-21(26-23)17-28-13-15-32-16-14-28/h1-3,5-6H,4,7-17H2. The van der Waals surface area contributed by atoms with E-state index in [0.29, 0.717) is 13.1 Å². The van der Waals surface area contributed by atoms with Gasteiger partial charge in [-0.05, 0) is 37.0 Å². The van der Waals surface area contributed by atoms with E-state index in [1.165, 1.54) is 22.2 Å². The van der Waals surface area contributed by atoms with Gasteiger partial charge in [-0.25, -0.2) is 9.97 Å². The van der Waals surface area contributed by atoms with Gasteiger partial charge in [-0.1, -0.05) is 18.2 Å². The molecule has 0 radical (unpaired) electrons. The highest BCUT2D eigenvalue weighted by Crippen LogP contribution is 2.41. The first-order chi connectivity index (χ1) is 16.3. The summed E-state index contributed by atoms with van der Waals surface area (Å²) < 4.78 is 5.51. The number of rotatable bonds is 4. The molecule has 1 aliphatic carbocycles. The Morgan fingerprint density at radius 3 is 2.55 bits per heavy atom. The van der Waals surface area contributed by atoms with Gasteiger partial charge in [0.15, 0.2) is 0 Å². The summed E-state index contributed by atoms with van der Waals surface area (Å²) in [5, 5.41) is 1.26. The molecule has 0 unspecified atom stereocenters. The largest absolute Gasteiger partial charge is 0.379 e. The van der Waals surface area contributed by atoms with Crippen molar-refractivity contribution < 1.29 is 9.53 Å². The van der Waals surface area contributed by atoms with Gasteiger partial charge in [0.1, 0.15) is 16.5 Å². The summed E-state index contributed by atoms with van der Waals surface area (Å²) >= 11 is 1.86. The van der Waals surface area contributed by atoms with Crippen LogP contribution in [0.3, 0.4) is 0 Å². The van der Waals surface area contributed by atoms with Crippen LogP contribution >= 0.6 is 11.3 Å². The van der Waals surface area contributed by atoms with Crippen LogP contribution in [-0.2, 0) is 24.1 Å². The molecule has 0 bridgehead atoms. The van der Waals surface area contributed by atoms with Crippen LogP contribution in [0.5, 0.6) is 0 Å². The van der Waals surface area contributed by atoms with E-state index in [4.69, 9.17) is 14.7 Å². The predicted molar refractivity (Wildman–Crippen MR) is 130 cm³/mol. The molecule has 172 valence electrons. The van der Waals surface area contributed by atoms with Crippen LogP contribution in [0, 0.1) is 0 Å². The van der Waals surface area contributed by atoms with E-state index in [0.717, 1.165) is 80.8 Å². The average Bonchev–Trinajstić information content (AvgIpc) is 3.46. The number of anilines is 1. The van der Waals surface area contributed by atoms with Crippen molar-refractivity contribution in [2.24, 2.45) is 0 Å². The zero-order chi connectivity index (χ0) is 22.2. The Morgan fingerprint density at radius 1 is 0.970 bits per heavy atom. The first-order valence-corrected chi connectivity index (χ1v) is 12.8. The van der Waals surface area contributed by atoms with E-state index in [9.17, 15) is 4.79 Å². The van der Waals surface area contributed by atoms with Crippen LogP contribution in [0.1, 0.15) is 33.0 Å². The molecule has 1 aromatic carbocycles. The number of hydrogen-bond donors (Lipinski definition) is 0. The average molecular weight is 464 g/mol. The maximum absolute atomic E-state index is 12.9. The number of carbonyl (C=O) groups is 1. The Morgan fingerprint density at radius 2 is 1.76 bits per heavy atom. The molecule has 2 aliphatic heterocycles. The van der Waals surface area contributed by atoms with E-state index in [1.54, 1.807) is 0 Å². The SMILES string of the molecule is O=C(c1ccccc1)N1CCN(c2nc(CN3CCOCC3)nc3sc4c(c23)CCC4)CC1. The minimum Gasteiger partial charge on any atom is -0.379 e. The number of ether oxygens (including phenoxy) is 1. The molecule has 6 rings (SSSR count). The van der Waals surface area contributed by atoms with Crippen molar-refractivity contribution >= 4 is 33.3 Å². The van der Waals surface area contributed by atoms with Crippen molar-refractivity contribution in [1.29, 1.82) is 0 Å². The number of benzene rings is 1. The zero-order valence-electron chi connectivity index (χ0n) is 18.8. The number of piperazine rings is 1.